The molecule has 0 aromatic carbocycles. The van der Waals surface area contributed by atoms with Gasteiger partial charge >= 0.3 is 0 Å². The molecule has 2 heterocycles. The number of aromatic nitrogens is 2. The van der Waals surface area contributed by atoms with E-state index in [0.717, 1.165) is 18.7 Å². The van der Waals surface area contributed by atoms with Crippen LogP contribution >= 0.6 is 11.3 Å². The quantitative estimate of drug-likeness (QED) is 0.898. The number of hydrogen-bond acceptors (Lipinski definition) is 3. The van der Waals surface area contributed by atoms with Crippen molar-refractivity contribution in [3.05, 3.63) is 39.3 Å². The lowest BCUT2D eigenvalue weighted by Crippen LogP contribution is -2.25. The number of rotatable bonds is 5. The van der Waals surface area contributed by atoms with Gasteiger partial charge in [-0.1, -0.05) is 6.92 Å². The van der Waals surface area contributed by atoms with E-state index in [1.807, 2.05) is 18.7 Å². The lowest BCUT2D eigenvalue weighted by atomic mass is 10.0. The van der Waals surface area contributed by atoms with Crippen LogP contribution in [0.25, 0.3) is 0 Å². The first-order valence-electron chi connectivity index (χ1n) is 6.41. The number of nitrogens with one attached hydrogen (secondary N) is 1. The first kappa shape index (κ1) is 13.3. The van der Waals surface area contributed by atoms with Crippen LogP contribution in [0.1, 0.15) is 41.2 Å². The Bertz CT molecular complexity index is 513. The first-order valence-corrected chi connectivity index (χ1v) is 7.29. The van der Waals surface area contributed by atoms with E-state index >= 15 is 0 Å². The second-order valence-corrected chi connectivity index (χ2v) is 5.77. The summed E-state index contributed by atoms with van der Waals surface area (Å²) in [5.41, 5.74) is 3.68. The second-order valence-electron chi connectivity index (χ2n) is 4.65. The number of hydrogen-bond donors (Lipinski definition) is 1. The van der Waals surface area contributed by atoms with Gasteiger partial charge < -0.3 is 5.32 Å². The Morgan fingerprint density at radius 2 is 2.22 bits per heavy atom. The van der Waals surface area contributed by atoms with Crippen LogP contribution in [0.15, 0.2) is 17.5 Å². The van der Waals surface area contributed by atoms with E-state index in [1.54, 1.807) is 11.3 Å². The average Bonchev–Trinajstić information content (AvgIpc) is 2.87. The fourth-order valence-electron chi connectivity index (χ4n) is 2.26. The van der Waals surface area contributed by atoms with Gasteiger partial charge in [0, 0.05) is 11.9 Å². The van der Waals surface area contributed by atoms with Gasteiger partial charge in [-0.25, -0.2) is 0 Å². The van der Waals surface area contributed by atoms with E-state index in [9.17, 15) is 0 Å². The summed E-state index contributed by atoms with van der Waals surface area (Å²) >= 11 is 1.80. The SMILES string of the molecule is CCCNC(c1ccsc1C)c1cc(C)nn1C. The highest BCUT2D eigenvalue weighted by atomic mass is 32.1. The van der Waals surface area contributed by atoms with Crippen LogP contribution in [0.2, 0.25) is 0 Å². The van der Waals surface area contributed by atoms with Gasteiger partial charge in [0.25, 0.3) is 0 Å². The summed E-state index contributed by atoms with van der Waals surface area (Å²) in [7, 11) is 2.02. The van der Waals surface area contributed by atoms with Gasteiger partial charge in [0.15, 0.2) is 0 Å². The molecule has 1 atom stereocenters. The summed E-state index contributed by atoms with van der Waals surface area (Å²) < 4.78 is 1.99. The van der Waals surface area contributed by atoms with Gasteiger partial charge in [-0.15, -0.1) is 11.3 Å². The number of aryl methyl sites for hydroxylation is 3. The van der Waals surface area contributed by atoms with Gasteiger partial charge in [-0.3, -0.25) is 4.68 Å². The number of thiophene rings is 1. The highest BCUT2D eigenvalue weighted by Gasteiger charge is 2.19. The van der Waals surface area contributed by atoms with Crippen LogP contribution < -0.4 is 5.32 Å². The number of nitrogens with zero attached hydrogens (tertiary/aromatic N) is 2. The normalized spacial score (nSPS) is 12.9. The minimum absolute atomic E-state index is 0.252. The lowest BCUT2D eigenvalue weighted by molar-refractivity contribution is 0.553. The van der Waals surface area contributed by atoms with Crippen molar-refractivity contribution < 1.29 is 0 Å². The molecule has 98 valence electrons. The molecule has 18 heavy (non-hydrogen) atoms. The Hall–Kier alpha value is -1.13. The van der Waals surface area contributed by atoms with Crippen LogP contribution in [0, 0.1) is 13.8 Å². The van der Waals surface area contributed by atoms with Crippen LogP contribution in [-0.4, -0.2) is 16.3 Å². The summed E-state index contributed by atoms with van der Waals surface area (Å²) in [5.74, 6) is 0. The molecule has 0 aliphatic heterocycles. The molecule has 4 heteroatoms. The van der Waals surface area contributed by atoms with E-state index in [2.05, 4.69) is 41.8 Å². The highest BCUT2D eigenvalue weighted by molar-refractivity contribution is 7.10. The maximum Gasteiger partial charge on any atom is 0.0758 e. The topological polar surface area (TPSA) is 29.9 Å². The van der Waals surface area contributed by atoms with Crippen molar-refractivity contribution in [3.63, 3.8) is 0 Å². The van der Waals surface area contributed by atoms with Crippen molar-refractivity contribution in [2.24, 2.45) is 7.05 Å². The summed E-state index contributed by atoms with van der Waals surface area (Å²) in [4.78, 5) is 1.38. The smallest absolute Gasteiger partial charge is 0.0758 e. The third-order valence-electron chi connectivity index (χ3n) is 3.14. The zero-order valence-corrected chi connectivity index (χ0v) is 12.3. The molecule has 0 saturated carbocycles. The second kappa shape index (κ2) is 5.67. The summed E-state index contributed by atoms with van der Waals surface area (Å²) in [6.45, 7) is 7.44. The zero-order valence-electron chi connectivity index (χ0n) is 11.5. The molecule has 0 fully saturated rings. The minimum Gasteiger partial charge on any atom is -0.305 e. The van der Waals surface area contributed by atoms with Gasteiger partial charge in [-0.2, -0.15) is 5.10 Å². The predicted octanol–water partition coefficient (Wildman–Crippen LogP) is 3.19. The van der Waals surface area contributed by atoms with Crippen molar-refractivity contribution in [2.45, 2.75) is 33.2 Å². The van der Waals surface area contributed by atoms with E-state index in [4.69, 9.17) is 0 Å². The molecule has 0 bridgehead atoms. The monoisotopic (exact) mass is 263 g/mol. The van der Waals surface area contributed by atoms with Crippen LogP contribution in [0.4, 0.5) is 0 Å². The molecular formula is C14H21N3S. The third kappa shape index (κ3) is 2.65. The summed E-state index contributed by atoms with van der Waals surface area (Å²) in [6.07, 6.45) is 1.14. The molecule has 2 rings (SSSR count). The van der Waals surface area contributed by atoms with E-state index in [-0.39, 0.29) is 6.04 Å². The summed E-state index contributed by atoms with van der Waals surface area (Å²) in [5, 5.41) is 10.2. The van der Waals surface area contributed by atoms with E-state index in [0.29, 0.717) is 0 Å². The molecule has 1 N–H and O–H groups in total. The maximum atomic E-state index is 4.46. The van der Waals surface area contributed by atoms with Crippen molar-refractivity contribution >= 4 is 11.3 Å². The van der Waals surface area contributed by atoms with Crippen molar-refractivity contribution in [1.29, 1.82) is 0 Å². The molecule has 0 aliphatic carbocycles. The minimum atomic E-state index is 0.252. The molecule has 0 saturated heterocycles. The molecular weight excluding hydrogens is 242 g/mol. The molecule has 2 aromatic heterocycles. The van der Waals surface area contributed by atoms with Gasteiger partial charge in [0.2, 0.25) is 0 Å². The highest BCUT2D eigenvalue weighted by Crippen LogP contribution is 2.28. The molecule has 0 aliphatic rings. The fraction of sp³-hybridized carbons (Fsp3) is 0.500. The van der Waals surface area contributed by atoms with Crippen molar-refractivity contribution in [1.82, 2.24) is 15.1 Å². The predicted molar refractivity (Wildman–Crippen MR) is 77.1 cm³/mol. The van der Waals surface area contributed by atoms with Crippen molar-refractivity contribution in [2.75, 3.05) is 6.54 Å². The Morgan fingerprint density at radius 3 is 2.72 bits per heavy atom. The van der Waals surface area contributed by atoms with Crippen LogP contribution in [-0.2, 0) is 7.05 Å². The molecule has 0 radical (unpaired) electrons. The largest absolute Gasteiger partial charge is 0.305 e. The average molecular weight is 263 g/mol. The van der Waals surface area contributed by atoms with Gasteiger partial charge in [0.05, 0.1) is 17.4 Å². The maximum absolute atomic E-state index is 4.46. The van der Waals surface area contributed by atoms with Gasteiger partial charge in [0.1, 0.15) is 0 Å². The fourth-order valence-corrected chi connectivity index (χ4v) is 3.00. The van der Waals surface area contributed by atoms with Crippen LogP contribution in [0.5, 0.6) is 0 Å². The van der Waals surface area contributed by atoms with Gasteiger partial charge in [-0.05, 0) is 49.9 Å². The first-order chi connectivity index (χ1) is 8.63. The van der Waals surface area contributed by atoms with Crippen LogP contribution in [0.3, 0.4) is 0 Å². The Labute approximate surface area is 113 Å². The van der Waals surface area contributed by atoms with E-state index in [1.165, 1.54) is 16.1 Å². The molecule has 0 spiro atoms. The Kier molecular flexibility index (Phi) is 4.19. The molecule has 3 nitrogen and oxygen atoms in total. The van der Waals surface area contributed by atoms with Crippen molar-refractivity contribution in [3.8, 4) is 0 Å². The third-order valence-corrected chi connectivity index (χ3v) is 4.00. The lowest BCUT2D eigenvalue weighted by Gasteiger charge is -2.19. The van der Waals surface area contributed by atoms with E-state index < -0.39 is 0 Å². The zero-order chi connectivity index (χ0) is 13.1. The Balaban J connectivity index is 2.37. The summed E-state index contributed by atoms with van der Waals surface area (Å²) in [6, 6.07) is 4.64. The molecule has 1 unspecified atom stereocenters. The molecule has 2 aromatic rings. The molecule has 0 amide bonds. The standard InChI is InChI=1S/C14H21N3S/c1-5-7-15-14(12-6-8-18-11(12)3)13-9-10(2)16-17(13)4/h6,8-9,14-15H,5,7H2,1-4H3. The Morgan fingerprint density at radius 1 is 1.44 bits per heavy atom.